The first-order chi connectivity index (χ1) is 42.7. The number of nitrogens with one attached hydrogen (secondary N) is 4. The standard InChI is InChI=1S/C66H105F4N11O11/c1-18-41(8)56-63(91)76(13)37-55(84)81-29-28-50(81)62(90)79(16)52(35-43-22-20-19-21-23-43)61(89)75(12)36-53(82)71-47(27-25-44-24-26-45(46(67)34-44)66(68,69)70)57(85)72-49(31-39(4)5)60(88)80(17)65(10,11)64(92)73-48(30-38(2)3)59(87)77(14)42(9)33-54(83)78(15)51(32-40(6)7)58(86)74-56/h24,26,34,38-43,47-52,56H,18-23,25,27-33,35-37H2,1-17H3,(H,71,82)(H,72,85)(H,73,92)(H,74,86)/t41-,42+,47-,48-,49-,50-,51-,52-,56-/m0/s1. The highest BCUT2D eigenvalue weighted by molar-refractivity contribution is 5.99. The lowest BCUT2D eigenvalue weighted by Crippen LogP contribution is -2.63. The third-order valence-electron chi connectivity index (χ3n) is 18.7. The van der Waals surface area contributed by atoms with Crippen LogP contribution in [0.15, 0.2) is 18.2 Å². The largest absolute Gasteiger partial charge is 0.419 e. The zero-order valence-corrected chi connectivity index (χ0v) is 57.4. The summed E-state index contributed by atoms with van der Waals surface area (Å²) in [5.74, 6) is -9.84. The van der Waals surface area contributed by atoms with Crippen molar-refractivity contribution in [2.45, 2.75) is 226 Å². The van der Waals surface area contributed by atoms with E-state index in [0.717, 1.165) is 48.0 Å². The number of benzene rings is 1. The molecule has 1 aromatic rings. The minimum Gasteiger partial charge on any atom is -0.343 e. The van der Waals surface area contributed by atoms with Crippen molar-refractivity contribution >= 4 is 65.0 Å². The molecule has 0 bridgehead atoms. The van der Waals surface area contributed by atoms with Crippen molar-refractivity contribution < 1.29 is 70.3 Å². The van der Waals surface area contributed by atoms with E-state index in [2.05, 4.69) is 21.3 Å². The van der Waals surface area contributed by atoms with Gasteiger partial charge in [-0.2, -0.15) is 13.2 Å². The second kappa shape index (κ2) is 33.8. The molecule has 92 heavy (non-hydrogen) atoms. The van der Waals surface area contributed by atoms with Crippen molar-refractivity contribution in [1.82, 2.24) is 55.6 Å². The van der Waals surface area contributed by atoms with E-state index in [0.29, 0.717) is 18.6 Å². The molecule has 3 aliphatic rings. The molecule has 0 spiro atoms. The maximum Gasteiger partial charge on any atom is 0.419 e. The highest BCUT2D eigenvalue weighted by Crippen LogP contribution is 2.33. The Morgan fingerprint density at radius 3 is 1.72 bits per heavy atom. The van der Waals surface area contributed by atoms with Crippen molar-refractivity contribution in [3.63, 3.8) is 0 Å². The van der Waals surface area contributed by atoms with Gasteiger partial charge >= 0.3 is 6.18 Å². The molecule has 1 aromatic carbocycles. The topological polar surface area (TPSA) is 259 Å². The first kappa shape index (κ1) is 77.6. The molecule has 4 rings (SSSR count). The Hall–Kier alpha value is -6.89. The molecule has 1 saturated carbocycles. The van der Waals surface area contributed by atoms with Gasteiger partial charge in [0.15, 0.2) is 0 Å². The third-order valence-corrected chi connectivity index (χ3v) is 18.7. The zero-order chi connectivity index (χ0) is 69.6. The van der Waals surface area contributed by atoms with E-state index in [4.69, 9.17) is 0 Å². The molecule has 2 aliphatic heterocycles. The Balaban J connectivity index is 1.83. The van der Waals surface area contributed by atoms with Crippen LogP contribution in [0.2, 0.25) is 0 Å². The summed E-state index contributed by atoms with van der Waals surface area (Å²) in [6.45, 7) is 18.2. The van der Waals surface area contributed by atoms with Crippen LogP contribution in [0.5, 0.6) is 0 Å². The number of nitrogens with zero attached hydrogens (tertiary/aromatic N) is 7. The van der Waals surface area contributed by atoms with Crippen molar-refractivity contribution in [3.8, 4) is 0 Å². The molecule has 4 N–H and O–H groups in total. The van der Waals surface area contributed by atoms with Gasteiger partial charge in [0.05, 0.1) is 18.7 Å². The number of halogens is 4. The van der Waals surface area contributed by atoms with Gasteiger partial charge in [-0.25, -0.2) is 4.39 Å². The number of likely N-dealkylation sites (N-methyl/N-ethyl adjacent to an activating group) is 6. The molecular formula is C66H105F4N11O11. The van der Waals surface area contributed by atoms with Crippen LogP contribution in [0.4, 0.5) is 17.6 Å². The molecule has 518 valence electrons. The highest BCUT2D eigenvalue weighted by atomic mass is 19.4. The summed E-state index contributed by atoms with van der Waals surface area (Å²) in [5.41, 5.74) is -3.18. The predicted molar refractivity (Wildman–Crippen MR) is 339 cm³/mol. The van der Waals surface area contributed by atoms with Gasteiger partial charge in [0.1, 0.15) is 53.6 Å². The van der Waals surface area contributed by atoms with Gasteiger partial charge in [-0.1, -0.05) is 100.0 Å². The fourth-order valence-corrected chi connectivity index (χ4v) is 12.1. The van der Waals surface area contributed by atoms with Crippen LogP contribution < -0.4 is 21.3 Å². The van der Waals surface area contributed by atoms with Crippen LogP contribution in [0.25, 0.3) is 0 Å². The zero-order valence-electron chi connectivity index (χ0n) is 57.4. The number of amides is 11. The van der Waals surface area contributed by atoms with Crippen LogP contribution in [0.3, 0.4) is 0 Å². The lowest BCUT2D eigenvalue weighted by Gasteiger charge is -2.44. The average Bonchev–Trinajstić information content (AvgIpc) is 0.908. The van der Waals surface area contributed by atoms with Crippen molar-refractivity contribution in [1.29, 1.82) is 0 Å². The Kier molecular flexibility index (Phi) is 28.5. The Morgan fingerprint density at radius 2 is 1.18 bits per heavy atom. The molecule has 26 heteroatoms. The second-order valence-electron chi connectivity index (χ2n) is 27.8. The van der Waals surface area contributed by atoms with E-state index >= 15 is 0 Å². The molecule has 22 nitrogen and oxygen atoms in total. The number of fused-ring (bicyclic) bond motifs is 1. The van der Waals surface area contributed by atoms with Gasteiger partial charge in [-0.15, -0.1) is 0 Å². The van der Waals surface area contributed by atoms with E-state index in [9.17, 15) is 70.3 Å². The molecule has 11 amide bonds. The van der Waals surface area contributed by atoms with Crippen LogP contribution in [0, 0.1) is 35.4 Å². The number of carbonyl (C=O) groups is 11. The molecule has 9 atom stereocenters. The van der Waals surface area contributed by atoms with Crippen LogP contribution in [0.1, 0.15) is 171 Å². The lowest BCUT2D eigenvalue weighted by molar-refractivity contribution is -0.158. The van der Waals surface area contributed by atoms with Gasteiger partial charge in [-0.05, 0) is 113 Å². The van der Waals surface area contributed by atoms with E-state index in [1.54, 1.807) is 27.7 Å². The molecule has 3 fully saturated rings. The van der Waals surface area contributed by atoms with Crippen molar-refractivity contribution in [2.24, 2.45) is 29.6 Å². The number of hydrogen-bond donors (Lipinski definition) is 4. The SMILES string of the molecule is CC[C@H](C)[C@@H]1NC(=O)[C@H](CC(C)C)N(C)C(=O)C[C@@H](C)N(C)C(=O)[C@H](CC(C)C)NC(=O)C(C)(C)N(C)C(=O)[C@H](CC(C)C)NC(=O)[C@H](CCc2ccc(C(F)(F)F)c(F)c2)NC(=O)CN(C)C(=O)[C@H](CC2CCCCC2)N(C)C(=O)[C@@H]2CCN2C(=O)CN(C)C1=O. The molecule has 0 radical (unpaired) electrons. The number of carbonyl (C=O) groups excluding carboxylic acids is 11. The number of alkyl halides is 3. The quantitative estimate of drug-likeness (QED) is 0.179. The molecule has 0 unspecified atom stereocenters. The number of aryl methyl sites for hydroxylation is 1. The summed E-state index contributed by atoms with van der Waals surface area (Å²) >= 11 is 0. The summed E-state index contributed by atoms with van der Waals surface area (Å²) in [6, 6.07) is -6.95. The Morgan fingerprint density at radius 1 is 0.609 bits per heavy atom. The van der Waals surface area contributed by atoms with E-state index in [-0.39, 0.29) is 87.1 Å². The molecule has 0 aromatic heterocycles. The Bertz CT molecular complexity index is 2790. The van der Waals surface area contributed by atoms with E-state index in [1.807, 2.05) is 34.6 Å². The highest BCUT2D eigenvalue weighted by Gasteiger charge is 2.46. The lowest BCUT2D eigenvalue weighted by atomic mass is 9.84. The van der Waals surface area contributed by atoms with E-state index in [1.165, 1.54) is 80.6 Å². The summed E-state index contributed by atoms with van der Waals surface area (Å²) in [6.07, 6.45) is -0.305. The minimum atomic E-state index is -5.00. The van der Waals surface area contributed by atoms with Gasteiger partial charge < -0.3 is 55.6 Å². The van der Waals surface area contributed by atoms with E-state index < -0.39 is 155 Å². The van der Waals surface area contributed by atoms with Gasteiger partial charge in [0.25, 0.3) is 0 Å². The summed E-state index contributed by atoms with van der Waals surface area (Å²) < 4.78 is 55.8. The van der Waals surface area contributed by atoms with Crippen LogP contribution in [-0.4, -0.2) is 215 Å². The van der Waals surface area contributed by atoms with Crippen molar-refractivity contribution in [3.05, 3.63) is 35.1 Å². The summed E-state index contributed by atoms with van der Waals surface area (Å²) in [4.78, 5) is 168. The van der Waals surface area contributed by atoms with Crippen LogP contribution >= 0.6 is 0 Å². The molecule has 1 aliphatic carbocycles. The van der Waals surface area contributed by atoms with Gasteiger partial charge in [0, 0.05) is 61.3 Å². The fourth-order valence-electron chi connectivity index (χ4n) is 12.1. The van der Waals surface area contributed by atoms with Gasteiger partial charge in [0.2, 0.25) is 65.0 Å². The normalized spacial score (nSPS) is 26.0. The maximum atomic E-state index is 14.9. The maximum absolute atomic E-state index is 14.9. The molecular weight excluding hydrogens is 1200 g/mol. The second-order valence-corrected chi connectivity index (χ2v) is 27.8. The number of hydrogen-bond acceptors (Lipinski definition) is 11. The van der Waals surface area contributed by atoms with Gasteiger partial charge in [-0.3, -0.25) is 52.7 Å². The summed E-state index contributed by atoms with van der Waals surface area (Å²) in [5, 5.41) is 11.1. The fraction of sp³-hybridized carbons (Fsp3) is 0.742. The Labute approximate surface area is 541 Å². The minimum absolute atomic E-state index is 0.000717. The smallest absolute Gasteiger partial charge is 0.343 e. The number of rotatable bonds is 13. The molecule has 2 saturated heterocycles. The third kappa shape index (κ3) is 20.8. The summed E-state index contributed by atoms with van der Waals surface area (Å²) in [7, 11) is 8.52. The van der Waals surface area contributed by atoms with Crippen LogP contribution in [-0.2, 0) is 65.3 Å². The average molecular weight is 1300 g/mol. The predicted octanol–water partition coefficient (Wildman–Crippen LogP) is 5.53. The monoisotopic (exact) mass is 1300 g/mol. The van der Waals surface area contributed by atoms with Crippen molar-refractivity contribution in [2.75, 3.05) is 61.9 Å². The first-order valence-electron chi connectivity index (χ1n) is 32.7. The molecule has 2 heterocycles. The first-order valence-corrected chi connectivity index (χ1v) is 32.7.